The van der Waals surface area contributed by atoms with Gasteiger partial charge in [0.1, 0.15) is 6.33 Å². The van der Waals surface area contributed by atoms with E-state index < -0.39 is 10.0 Å². The van der Waals surface area contributed by atoms with Crippen LogP contribution in [0.3, 0.4) is 0 Å². The van der Waals surface area contributed by atoms with Crippen LogP contribution >= 0.6 is 22.6 Å². The first-order valence-electron chi connectivity index (χ1n) is 9.00. The monoisotopic (exact) mass is 505 g/mol. The Hall–Kier alpha value is -1.84. The standard InChI is InChI=1S/C21H20IN3O2S/c1-14-7-20(22)8-15(2)21(14)28(26,27)25-6-5-17-9-16(3-4-18(17)12-25)19-10-23-13-24-11-19/h3-4,7-11,13H,5-6,12H2,1-2H3. The normalized spacial score (nSPS) is 14.7. The molecule has 0 fully saturated rings. The van der Waals surface area contributed by atoms with E-state index in [1.54, 1.807) is 16.7 Å². The largest absolute Gasteiger partial charge is 0.244 e. The van der Waals surface area contributed by atoms with E-state index in [2.05, 4.69) is 38.6 Å². The number of aromatic nitrogens is 2. The minimum absolute atomic E-state index is 0.397. The number of rotatable bonds is 3. The van der Waals surface area contributed by atoms with Crippen LogP contribution in [0.1, 0.15) is 22.3 Å². The number of fused-ring (bicyclic) bond motifs is 1. The second-order valence-electron chi connectivity index (χ2n) is 7.07. The van der Waals surface area contributed by atoms with Gasteiger partial charge in [-0.3, -0.25) is 0 Å². The summed E-state index contributed by atoms with van der Waals surface area (Å²) in [6.45, 7) is 4.62. The maximum atomic E-state index is 13.3. The Kier molecular flexibility index (Phi) is 5.24. The molecule has 2 aromatic carbocycles. The number of benzene rings is 2. The van der Waals surface area contributed by atoms with Crippen molar-refractivity contribution in [3.05, 3.63) is 74.9 Å². The van der Waals surface area contributed by atoms with Gasteiger partial charge < -0.3 is 0 Å². The molecule has 0 saturated carbocycles. The first kappa shape index (κ1) is 19.5. The summed E-state index contributed by atoms with van der Waals surface area (Å²) in [5.41, 5.74) is 5.86. The molecule has 0 amide bonds. The highest BCUT2D eigenvalue weighted by Crippen LogP contribution is 2.31. The zero-order valence-electron chi connectivity index (χ0n) is 15.7. The van der Waals surface area contributed by atoms with Crippen molar-refractivity contribution in [2.75, 3.05) is 6.54 Å². The lowest BCUT2D eigenvalue weighted by Crippen LogP contribution is -2.36. The quantitative estimate of drug-likeness (QED) is 0.503. The molecule has 0 bridgehead atoms. The van der Waals surface area contributed by atoms with Crippen molar-refractivity contribution in [1.29, 1.82) is 0 Å². The smallest absolute Gasteiger partial charge is 0.243 e. The second kappa shape index (κ2) is 7.53. The summed E-state index contributed by atoms with van der Waals surface area (Å²) in [6.07, 6.45) is 5.78. The summed E-state index contributed by atoms with van der Waals surface area (Å²) >= 11 is 2.22. The summed E-state index contributed by atoms with van der Waals surface area (Å²) in [4.78, 5) is 8.59. The highest BCUT2D eigenvalue weighted by atomic mass is 127. The summed E-state index contributed by atoms with van der Waals surface area (Å²) in [7, 11) is -3.54. The number of hydrogen-bond acceptors (Lipinski definition) is 4. The van der Waals surface area contributed by atoms with E-state index in [-0.39, 0.29) is 0 Å². The van der Waals surface area contributed by atoms with Crippen LogP contribution in [0.15, 0.2) is 53.9 Å². The van der Waals surface area contributed by atoms with Crippen molar-refractivity contribution in [2.45, 2.75) is 31.7 Å². The fraction of sp³-hybridized carbons (Fsp3) is 0.238. The molecule has 0 saturated heterocycles. The van der Waals surface area contributed by atoms with Crippen LogP contribution in [-0.2, 0) is 23.0 Å². The third-order valence-corrected chi connectivity index (χ3v) is 7.87. The Bertz CT molecular complexity index is 1120. The van der Waals surface area contributed by atoms with Crippen molar-refractivity contribution in [2.24, 2.45) is 0 Å². The van der Waals surface area contributed by atoms with Crippen LogP contribution < -0.4 is 0 Å². The van der Waals surface area contributed by atoms with Crippen LogP contribution in [0.5, 0.6) is 0 Å². The molecule has 144 valence electrons. The molecule has 7 heteroatoms. The van der Waals surface area contributed by atoms with Gasteiger partial charge >= 0.3 is 0 Å². The summed E-state index contributed by atoms with van der Waals surface area (Å²) < 4.78 is 29.3. The lowest BCUT2D eigenvalue weighted by molar-refractivity contribution is 0.391. The Labute approximate surface area is 179 Å². The molecule has 0 unspecified atom stereocenters. The average Bonchev–Trinajstić information content (AvgIpc) is 2.66. The van der Waals surface area contributed by atoms with Crippen molar-refractivity contribution >= 4 is 32.6 Å². The van der Waals surface area contributed by atoms with Crippen molar-refractivity contribution in [3.63, 3.8) is 0 Å². The number of aryl methyl sites for hydroxylation is 2. The van der Waals surface area contributed by atoms with Gasteiger partial charge in [-0.05, 0) is 82.8 Å². The first-order chi connectivity index (χ1) is 13.4. The van der Waals surface area contributed by atoms with Crippen LogP contribution in [0.25, 0.3) is 11.1 Å². The molecule has 1 aliphatic heterocycles. The Balaban J connectivity index is 1.66. The predicted molar refractivity (Wildman–Crippen MR) is 117 cm³/mol. The van der Waals surface area contributed by atoms with Crippen LogP contribution in [-0.4, -0.2) is 29.2 Å². The van der Waals surface area contributed by atoms with E-state index in [4.69, 9.17) is 0 Å². The topological polar surface area (TPSA) is 63.2 Å². The van der Waals surface area contributed by atoms with Crippen molar-refractivity contribution in [3.8, 4) is 11.1 Å². The van der Waals surface area contributed by atoms with Crippen molar-refractivity contribution < 1.29 is 8.42 Å². The third kappa shape index (κ3) is 3.58. The molecule has 1 aliphatic rings. The first-order valence-corrected chi connectivity index (χ1v) is 11.5. The van der Waals surface area contributed by atoms with Gasteiger partial charge in [-0.25, -0.2) is 18.4 Å². The Morgan fingerprint density at radius 1 is 0.964 bits per heavy atom. The molecule has 28 heavy (non-hydrogen) atoms. The number of hydrogen-bond donors (Lipinski definition) is 0. The van der Waals surface area contributed by atoms with Crippen LogP contribution in [0.4, 0.5) is 0 Å². The van der Waals surface area contributed by atoms with E-state index >= 15 is 0 Å². The van der Waals surface area contributed by atoms with Gasteiger partial charge in [0.25, 0.3) is 0 Å². The zero-order valence-corrected chi connectivity index (χ0v) is 18.7. The predicted octanol–water partition coefficient (Wildman–Crippen LogP) is 4.11. The van der Waals surface area contributed by atoms with E-state index in [0.29, 0.717) is 24.4 Å². The maximum absolute atomic E-state index is 13.3. The number of nitrogens with zero attached hydrogens (tertiary/aromatic N) is 3. The van der Waals surface area contributed by atoms with Gasteiger partial charge in [-0.2, -0.15) is 4.31 Å². The van der Waals surface area contributed by atoms with Gasteiger partial charge in [-0.15, -0.1) is 0 Å². The maximum Gasteiger partial charge on any atom is 0.243 e. The number of halogens is 1. The van der Waals surface area contributed by atoms with Gasteiger partial charge in [0.15, 0.2) is 0 Å². The summed E-state index contributed by atoms with van der Waals surface area (Å²) in [6, 6.07) is 10.0. The molecular formula is C21H20IN3O2S. The molecule has 0 N–H and O–H groups in total. The van der Waals surface area contributed by atoms with E-state index in [9.17, 15) is 8.42 Å². The third-order valence-electron chi connectivity index (χ3n) is 5.10. The van der Waals surface area contributed by atoms with E-state index in [1.807, 2.05) is 38.1 Å². The van der Waals surface area contributed by atoms with E-state index in [0.717, 1.165) is 31.4 Å². The van der Waals surface area contributed by atoms with Gasteiger partial charge in [-0.1, -0.05) is 18.2 Å². The average molecular weight is 505 g/mol. The molecule has 0 radical (unpaired) electrons. The molecule has 3 aromatic rings. The molecular weight excluding hydrogens is 485 g/mol. The molecule has 5 nitrogen and oxygen atoms in total. The molecule has 1 aromatic heterocycles. The highest BCUT2D eigenvalue weighted by Gasteiger charge is 2.31. The highest BCUT2D eigenvalue weighted by molar-refractivity contribution is 14.1. The van der Waals surface area contributed by atoms with Gasteiger partial charge in [0, 0.05) is 34.6 Å². The number of sulfonamides is 1. The fourth-order valence-corrected chi connectivity index (χ4v) is 6.56. The Morgan fingerprint density at radius 2 is 1.64 bits per heavy atom. The lowest BCUT2D eigenvalue weighted by atomic mass is 9.96. The summed E-state index contributed by atoms with van der Waals surface area (Å²) in [5, 5.41) is 0. The fourth-order valence-electron chi connectivity index (χ4n) is 3.79. The molecule has 0 spiro atoms. The molecule has 2 heterocycles. The molecule has 0 aliphatic carbocycles. The molecule has 4 rings (SSSR count). The minimum Gasteiger partial charge on any atom is -0.244 e. The van der Waals surface area contributed by atoms with Gasteiger partial charge in [0.05, 0.1) is 4.90 Å². The minimum atomic E-state index is -3.54. The SMILES string of the molecule is Cc1cc(I)cc(C)c1S(=O)(=O)N1CCc2cc(-c3cncnc3)ccc2C1. The van der Waals surface area contributed by atoms with Crippen LogP contribution in [0, 0.1) is 17.4 Å². The van der Waals surface area contributed by atoms with Gasteiger partial charge in [0.2, 0.25) is 10.0 Å². The van der Waals surface area contributed by atoms with Crippen LogP contribution in [0.2, 0.25) is 0 Å². The molecule has 0 atom stereocenters. The lowest BCUT2D eigenvalue weighted by Gasteiger charge is -2.29. The summed E-state index contributed by atoms with van der Waals surface area (Å²) in [5.74, 6) is 0. The second-order valence-corrected chi connectivity index (χ2v) is 10.2. The van der Waals surface area contributed by atoms with Crippen molar-refractivity contribution in [1.82, 2.24) is 14.3 Å². The Morgan fingerprint density at radius 3 is 2.32 bits per heavy atom. The zero-order chi connectivity index (χ0) is 19.9. The van der Waals surface area contributed by atoms with E-state index in [1.165, 1.54) is 11.9 Å².